The van der Waals surface area contributed by atoms with Gasteiger partial charge in [-0.2, -0.15) is 0 Å². The first-order valence-corrected chi connectivity index (χ1v) is 11.6. The lowest BCUT2D eigenvalue weighted by atomic mass is 9.89. The van der Waals surface area contributed by atoms with Gasteiger partial charge in [-0.15, -0.1) is 10.2 Å². The zero-order valence-corrected chi connectivity index (χ0v) is 18.8. The Morgan fingerprint density at radius 2 is 1.97 bits per heavy atom. The number of fused-ring (bicyclic) bond motifs is 1. The van der Waals surface area contributed by atoms with E-state index in [1.807, 2.05) is 0 Å². The molecular formula is C23H23FN4O4S. The van der Waals surface area contributed by atoms with Crippen molar-refractivity contribution in [2.75, 3.05) is 13.7 Å². The molecule has 1 aliphatic carbocycles. The Bertz CT molecular complexity index is 1250. The van der Waals surface area contributed by atoms with Crippen LogP contribution in [0.15, 0.2) is 35.3 Å². The van der Waals surface area contributed by atoms with Crippen LogP contribution in [0.2, 0.25) is 0 Å². The zero-order valence-electron chi connectivity index (χ0n) is 18.0. The van der Waals surface area contributed by atoms with Gasteiger partial charge in [0.1, 0.15) is 10.8 Å². The van der Waals surface area contributed by atoms with Crippen LogP contribution in [0.4, 0.5) is 4.39 Å². The van der Waals surface area contributed by atoms with Crippen LogP contribution in [0.3, 0.4) is 0 Å². The maximum atomic E-state index is 13.3. The van der Waals surface area contributed by atoms with Crippen LogP contribution < -0.4 is 5.43 Å². The molecule has 1 fully saturated rings. The molecule has 2 aliphatic rings. The van der Waals surface area contributed by atoms with Gasteiger partial charge in [0.25, 0.3) is 5.91 Å². The molecular weight excluding hydrogens is 447 g/mol. The van der Waals surface area contributed by atoms with Crippen molar-refractivity contribution < 1.29 is 19.0 Å². The summed E-state index contributed by atoms with van der Waals surface area (Å²) in [6.07, 6.45) is 4.91. The summed E-state index contributed by atoms with van der Waals surface area (Å²) >= 11 is 1.23. The van der Waals surface area contributed by atoms with Gasteiger partial charge >= 0.3 is 0 Å². The highest BCUT2D eigenvalue weighted by atomic mass is 32.1. The van der Waals surface area contributed by atoms with E-state index in [0.29, 0.717) is 29.6 Å². The van der Waals surface area contributed by atoms with E-state index >= 15 is 0 Å². The fourth-order valence-corrected chi connectivity index (χ4v) is 5.32. The lowest BCUT2D eigenvalue weighted by molar-refractivity contribution is 0.0113. The van der Waals surface area contributed by atoms with E-state index in [2.05, 4.69) is 10.2 Å². The van der Waals surface area contributed by atoms with Crippen LogP contribution in [-0.4, -0.2) is 56.5 Å². The van der Waals surface area contributed by atoms with Gasteiger partial charge in [0, 0.05) is 32.3 Å². The van der Waals surface area contributed by atoms with Crippen molar-refractivity contribution in [3.63, 3.8) is 0 Å². The van der Waals surface area contributed by atoms with Crippen LogP contribution >= 0.6 is 11.3 Å². The molecule has 2 aromatic heterocycles. The summed E-state index contributed by atoms with van der Waals surface area (Å²) in [7, 11) is 1.59. The predicted molar refractivity (Wildman–Crippen MR) is 120 cm³/mol. The first-order chi connectivity index (χ1) is 16.0. The largest absolute Gasteiger partial charge is 0.503 e. The van der Waals surface area contributed by atoms with E-state index in [1.54, 1.807) is 34.9 Å². The van der Waals surface area contributed by atoms with E-state index in [9.17, 15) is 19.1 Å². The third-order valence-corrected chi connectivity index (χ3v) is 7.24. The summed E-state index contributed by atoms with van der Waals surface area (Å²) < 4.78 is 20.1. The number of amides is 1. The van der Waals surface area contributed by atoms with E-state index in [4.69, 9.17) is 4.74 Å². The average molecular weight is 471 g/mol. The summed E-state index contributed by atoms with van der Waals surface area (Å²) in [6.45, 7) is 0.776. The molecule has 1 aromatic carbocycles. The second-order valence-electron chi connectivity index (χ2n) is 8.43. The number of hydrogen-bond acceptors (Lipinski definition) is 7. The number of hydrogen-bond donors (Lipinski definition) is 1. The topological polar surface area (TPSA) is 97.5 Å². The Labute approximate surface area is 193 Å². The van der Waals surface area contributed by atoms with Gasteiger partial charge in [-0.1, -0.05) is 23.5 Å². The number of carbonyl (C=O) groups is 1. The standard InChI is InChI=1S/C23H23FN4O4S/c1-32-12-16-10-27-11-17(20(29)21(30)19(27)23(31)28(16)15-3-2-4-15)22-26-25-18(33-22)9-13-5-7-14(24)8-6-13/h5-8,11,15-16,30H,2-4,9-10,12H2,1H3/t16-/m0/s1. The Kier molecular flexibility index (Phi) is 5.71. The molecule has 172 valence electrons. The molecule has 1 N–H and O–H groups in total. The number of methoxy groups -OCH3 is 1. The predicted octanol–water partition coefficient (Wildman–Crippen LogP) is 2.83. The van der Waals surface area contributed by atoms with E-state index in [0.717, 1.165) is 24.8 Å². The smallest absolute Gasteiger partial charge is 0.275 e. The van der Waals surface area contributed by atoms with Gasteiger partial charge < -0.3 is 19.3 Å². The van der Waals surface area contributed by atoms with Crippen molar-refractivity contribution >= 4 is 17.2 Å². The Morgan fingerprint density at radius 1 is 1.21 bits per heavy atom. The molecule has 10 heteroatoms. The summed E-state index contributed by atoms with van der Waals surface area (Å²) in [6, 6.07) is 6.03. The summed E-state index contributed by atoms with van der Waals surface area (Å²) in [4.78, 5) is 28.1. The van der Waals surface area contributed by atoms with Crippen molar-refractivity contribution in [1.29, 1.82) is 0 Å². The number of aromatic nitrogens is 3. The fourth-order valence-electron chi connectivity index (χ4n) is 4.44. The summed E-state index contributed by atoms with van der Waals surface area (Å²) in [5.41, 5.74) is 0.435. The fraction of sp³-hybridized carbons (Fsp3) is 0.391. The van der Waals surface area contributed by atoms with E-state index in [-0.39, 0.29) is 35.1 Å². The van der Waals surface area contributed by atoms with Crippen molar-refractivity contribution in [1.82, 2.24) is 19.7 Å². The number of carbonyl (C=O) groups excluding carboxylic acids is 1. The molecule has 1 amide bonds. The third-order valence-electron chi connectivity index (χ3n) is 6.29. The number of nitrogens with zero attached hydrogens (tertiary/aromatic N) is 4. The van der Waals surface area contributed by atoms with Gasteiger partial charge in [0.15, 0.2) is 16.5 Å². The number of rotatable bonds is 6. The average Bonchev–Trinajstić information content (AvgIpc) is 3.22. The second kappa shape index (κ2) is 8.68. The highest BCUT2D eigenvalue weighted by molar-refractivity contribution is 7.14. The van der Waals surface area contributed by atoms with E-state index in [1.165, 1.54) is 23.5 Å². The molecule has 0 spiro atoms. The molecule has 1 aliphatic heterocycles. The maximum absolute atomic E-state index is 13.3. The quantitative estimate of drug-likeness (QED) is 0.595. The minimum absolute atomic E-state index is 0.0130. The lowest BCUT2D eigenvalue weighted by Crippen LogP contribution is -2.57. The number of aromatic hydroxyl groups is 1. The van der Waals surface area contributed by atoms with Gasteiger partial charge in [0.2, 0.25) is 5.43 Å². The van der Waals surface area contributed by atoms with Crippen molar-refractivity contribution in [3.05, 3.63) is 62.8 Å². The van der Waals surface area contributed by atoms with Crippen LogP contribution in [0, 0.1) is 5.82 Å². The Morgan fingerprint density at radius 3 is 2.64 bits per heavy atom. The number of halogens is 1. The molecule has 1 atom stereocenters. The van der Waals surface area contributed by atoms with Gasteiger partial charge in [-0.05, 0) is 37.0 Å². The summed E-state index contributed by atoms with van der Waals surface area (Å²) in [5, 5.41) is 20.1. The van der Waals surface area contributed by atoms with Crippen molar-refractivity contribution in [2.24, 2.45) is 0 Å². The van der Waals surface area contributed by atoms with Crippen LogP contribution in [-0.2, 0) is 17.7 Å². The van der Waals surface area contributed by atoms with E-state index < -0.39 is 11.2 Å². The van der Waals surface area contributed by atoms with Crippen LogP contribution in [0.5, 0.6) is 5.75 Å². The molecule has 5 rings (SSSR count). The second-order valence-corrected chi connectivity index (χ2v) is 9.49. The first kappa shape index (κ1) is 21.7. The number of ether oxygens (including phenoxy) is 1. The maximum Gasteiger partial charge on any atom is 0.275 e. The highest BCUT2D eigenvalue weighted by Crippen LogP contribution is 2.34. The molecule has 0 unspecified atom stereocenters. The molecule has 33 heavy (non-hydrogen) atoms. The van der Waals surface area contributed by atoms with Crippen molar-refractivity contribution in [3.8, 4) is 16.3 Å². The highest BCUT2D eigenvalue weighted by Gasteiger charge is 2.41. The van der Waals surface area contributed by atoms with Crippen molar-refractivity contribution in [2.45, 2.75) is 44.3 Å². The molecule has 0 bridgehead atoms. The molecule has 3 heterocycles. The summed E-state index contributed by atoms with van der Waals surface area (Å²) in [5.74, 6) is -1.22. The van der Waals surface area contributed by atoms with Crippen LogP contribution in [0.25, 0.3) is 10.6 Å². The van der Waals surface area contributed by atoms with Crippen LogP contribution in [0.1, 0.15) is 40.3 Å². The first-order valence-electron chi connectivity index (χ1n) is 10.8. The molecule has 1 saturated carbocycles. The van der Waals surface area contributed by atoms with Gasteiger partial charge in [-0.3, -0.25) is 9.59 Å². The lowest BCUT2D eigenvalue weighted by Gasteiger charge is -2.45. The SMILES string of the molecule is COC[C@@H]1Cn2cc(-c3nnc(Cc4ccc(F)cc4)s3)c(=O)c(O)c2C(=O)N1C1CCC1. The number of pyridine rings is 1. The monoisotopic (exact) mass is 470 g/mol. The third kappa shape index (κ3) is 3.93. The molecule has 0 radical (unpaired) electrons. The molecule has 3 aromatic rings. The van der Waals surface area contributed by atoms with Gasteiger partial charge in [-0.25, -0.2) is 4.39 Å². The minimum atomic E-state index is -0.641. The van der Waals surface area contributed by atoms with Gasteiger partial charge in [0.05, 0.1) is 18.2 Å². The number of benzene rings is 1. The molecule has 0 saturated heterocycles. The Balaban J connectivity index is 1.49. The zero-order chi connectivity index (χ0) is 23.1. The molecule has 8 nitrogen and oxygen atoms in total. The minimum Gasteiger partial charge on any atom is -0.503 e. The Hall–Kier alpha value is -3.11. The normalized spacial score (nSPS) is 18.3.